The largest absolute Gasteiger partial charge is 0.496 e. The molecule has 9 nitrogen and oxygen atoms in total. The van der Waals surface area contributed by atoms with Crippen LogP contribution in [0.1, 0.15) is 87.6 Å². The monoisotopic (exact) mass is 556 g/mol. The summed E-state index contributed by atoms with van der Waals surface area (Å²) in [5, 5.41) is 6.28. The molecule has 5 rings (SSSR count). The normalized spacial score (nSPS) is 32.1. The topological polar surface area (TPSA) is 112 Å². The number of carbonyl (C=O) groups is 3. The minimum absolute atomic E-state index is 0.0400. The molecule has 2 amide bonds. The first kappa shape index (κ1) is 28.7. The molecule has 4 atom stereocenters. The van der Waals surface area contributed by atoms with E-state index in [-0.39, 0.29) is 41.5 Å². The van der Waals surface area contributed by atoms with E-state index in [1.165, 1.54) is 13.5 Å². The number of benzene rings is 1. The molecule has 2 saturated carbocycles. The van der Waals surface area contributed by atoms with E-state index in [2.05, 4.69) is 17.6 Å². The average Bonchev–Trinajstić information content (AvgIpc) is 3.54. The lowest BCUT2D eigenvalue weighted by molar-refractivity contribution is -0.154. The Hall–Kier alpha value is -2.81. The molecular weight excluding hydrogens is 512 g/mol. The molecular formula is C31H44N2O7. The highest BCUT2D eigenvalue weighted by atomic mass is 16.5. The molecule has 40 heavy (non-hydrogen) atoms. The van der Waals surface area contributed by atoms with E-state index in [0.29, 0.717) is 36.4 Å². The second-order valence-electron chi connectivity index (χ2n) is 12.9. The summed E-state index contributed by atoms with van der Waals surface area (Å²) in [7, 11) is 2.97. The van der Waals surface area contributed by atoms with Crippen molar-refractivity contribution in [3.05, 3.63) is 23.3 Å². The molecule has 2 bridgehead atoms. The van der Waals surface area contributed by atoms with Gasteiger partial charge >= 0.3 is 5.97 Å². The van der Waals surface area contributed by atoms with Crippen LogP contribution in [-0.2, 0) is 19.1 Å². The number of carbonyl (C=O) groups excluding carboxylic acids is 3. The van der Waals surface area contributed by atoms with Crippen molar-refractivity contribution in [2.75, 3.05) is 20.8 Å². The number of methoxy groups -OCH3 is 2. The third-order valence-electron chi connectivity index (χ3n) is 9.87. The average molecular weight is 557 g/mol. The molecule has 4 fully saturated rings. The molecule has 2 heterocycles. The van der Waals surface area contributed by atoms with Crippen molar-refractivity contribution in [3.8, 4) is 11.5 Å². The molecule has 0 unspecified atom stereocenters. The van der Waals surface area contributed by atoms with Crippen molar-refractivity contribution in [1.82, 2.24) is 10.6 Å². The molecule has 2 saturated heterocycles. The van der Waals surface area contributed by atoms with E-state index >= 15 is 0 Å². The summed E-state index contributed by atoms with van der Waals surface area (Å²) in [5.41, 5.74) is 0.909. The van der Waals surface area contributed by atoms with Crippen molar-refractivity contribution in [2.45, 2.75) is 103 Å². The van der Waals surface area contributed by atoms with Gasteiger partial charge in [0, 0.05) is 6.54 Å². The summed E-state index contributed by atoms with van der Waals surface area (Å²) >= 11 is 0. The summed E-state index contributed by atoms with van der Waals surface area (Å²) in [6.45, 7) is 6.74. The van der Waals surface area contributed by atoms with Crippen molar-refractivity contribution in [2.24, 2.45) is 16.7 Å². The van der Waals surface area contributed by atoms with Gasteiger partial charge in [-0.2, -0.15) is 0 Å². The Balaban J connectivity index is 1.27. The van der Waals surface area contributed by atoms with Crippen LogP contribution in [0.3, 0.4) is 0 Å². The zero-order chi connectivity index (χ0) is 28.7. The van der Waals surface area contributed by atoms with Crippen LogP contribution in [0.5, 0.6) is 11.5 Å². The molecule has 9 heteroatoms. The van der Waals surface area contributed by atoms with Crippen molar-refractivity contribution >= 4 is 17.8 Å². The number of hydrogen-bond acceptors (Lipinski definition) is 7. The Labute approximate surface area is 237 Å². The number of esters is 1. The standard InChI is InChI=1S/C31H44N2O7/c1-18-15-24(37-4)20(16-23(18)39-19-9-13-31(3,14-10-19)29(36)38-5)27(34)33-26-22-8-7-21(40-22)25(26)28(35)32-17-30(2)11-6-12-30/h15-16,19,21-22,25-26H,6-14,17H2,1-5H3,(H,32,35)(H,33,34)/t19-,21-,22+,25+,26-,31+/m1/s1. The maximum atomic E-state index is 13.7. The van der Waals surface area contributed by atoms with Gasteiger partial charge < -0.3 is 29.6 Å². The van der Waals surface area contributed by atoms with E-state index in [1.54, 1.807) is 13.2 Å². The van der Waals surface area contributed by atoms with Gasteiger partial charge in [-0.05, 0) is 88.3 Å². The van der Waals surface area contributed by atoms with Crippen LogP contribution in [0.2, 0.25) is 0 Å². The molecule has 1 aromatic rings. The Morgan fingerprint density at radius 3 is 2.30 bits per heavy atom. The lowest BCUT2D eigenvalue weighted by Gasteiger charge is -2.39. The summed E-state index contributed by atoms with van der Waals surface area (Å²) in [5.74, 6) is 0.122. The van der Waals surface area contributed by atoms with Gasteiger partial charge in [0.25, 0.3) is 5.91 Å². The molecule has 220 valence electrons. The molecule has 0 spiro atoms. The SMILES string of the molecule is COc1cc(C)c(O[C@H]2CC[C@@](C)(C(=O)OC)CC2)cc1C(=O)N[C@H]1[C@@H](C(=O)NCC2(C)CCC2)[C@H]2CC[C@@H]1O2. The summed E-state index contributed by atoms with van der Waals surface area (Å²) in [6.07, 6.45) is 7.50. The van der Waals surface area contributed by atoms with Crippen molar-refractivity contribution < 1.29 is 33.3 Å². The maximum absolute atomic E-state index is 13.7. The van der Waals surface area contributed by atoms with E-state index < -0.39 is 17.4 Å². The molecule has 2 N–H and O–H groups in total. The van der Waals surface area contributed by atoms with Gasteiger partial charge in [0.05, 0.1) is 55.5 Å². The molecule has 4 aliphatic rings. The van der Waals surface area contributed by atoms with E-state index in [9.17, 15) is 14.4 Å². The van der Waals surface area contributed by atoms with Crippen LogP contribution < -0.4 is 20.1 Å². The van der Waals surface area contributed by atoms with Crippen LogP contribution in [0.15, 0.2) is 12.1 Å². The minimum Gasteiger partial charge on any atom is -0.496 e. The summed E-state index contributed by atoms with van der Waals surface area (Å²) in [4.78, 5) is 39.1. The van der Waals surface area contributed by atoms with E-state index in [1.807, 2.05) is 19.9 Å². The number of aryl methyl sites for hydroxylation is 1. The van der Waals surface area contributed by atoms with Crippen LogP contribution in [0, 0.1) is 23.7 Å². The van der Waals surface area contributed by atoms with Gasteiger partial charge in [0.1, 0.15) is 11.5 Å². The fraction of sp³-hybridized carbons (Fsp3) is 0.710. The van der Waals surface area contributed by atoms with Crippen molar-refractivity contribution in [1.29, 1.82) is 0 Å². The van der Waals surface area contributed by atoms with Crippen LogP contribution in [0.25, 0.3) is 0 Å². The Kier molecular flexibility index (Phi) is 8.06. The first-order chi connectivity index (χ1) is 19.1. The highest BCUT2D eigenvalue weighted by Gasteiger charge is 2.53. The predicted octanol–water partition coefficient (Wildman–Crippen LogP) is 4.09. The highest BCUT2D eigenvalue weighted by Crippen LogP contribution is 2.42. The predicted molar refractivity (Wildman–Crippen MR) is 148 cm³/mol. The number of nitrogens with one attached hydrogen (secondary N) is 2. The summed E-state index contributed by atoms with van der Waals surface area (Å²) in [6, 6.07) is 3.15. The van der Waals surface area contributed by atoms with Gasteiger partial charge in [0.15, 0.2) is 0 Å². The quantitative estimate of drug-likeness (QED) is 0.441. The number of ether oxygens (including phenoxy) is 4. The summed E-state index contributed by atoms with van der Waals surface area (Å²) < 4.78 is 23.0. The maximum Gasteiger partial charge on any atom is 0.311 e. The van der Waals surface area contributed by atoms with E-state index in [4.69, 9.17) is 18.9 Å². The lowest BCUT2D eigenvalue weighted by Crippen LogP contribution is -2.53. The second kappa shape index (κ2) is 11.2. The fourth-order valence-corrected chi connectivity index (χ4v) is 6.91. The van der Waals surface area contributed by atoms with Gasteiger partial charge in [-0.25, -0.2) is 0 Å². The molecule has 0 radical (unpaired) electrons. The second-order valence-corrected chi connectivity index (χ2v) is 12.9. The number of hydrogen-bond donors (Lipinski definition) is 2. The molecule has 0 aromatic heterocycles. The van der Waals surface area contributed by atoms with Crippen LogP contribution in [-0.4, -0.2) is 62.9 Å². The fourth-order valence-electron chi connectivity index (χ4n) is 6.91. The Morgan fingerprint density at radius 1 is 0.975 bits per heavy atom. The smallest absolute Gasteiger partial charge is 0.311 e. The zero-order valence-electron chi connectivity index (χ0n) is 24.5. The van der Waals surface area contributed by atoms with E-state index in [0.717, 1.165) is 44.1 Å². The number of rotatable bonds is 9. The zero-order valence-corrected chi connectivity index (χ0v) is 24.5. The molecule has 2 aliphatic carbocycles. The van der Waals surface area contributed by atoms with Crippen molar-refractivity contribution in [3.63, 3.8) is 0 Å². The highest BCUT2D eigenvalue weighted by molar-refractivity contribution is 5.98. The van der Waals surface area contributed by atoms with Gasteiger partial charge in [0.2, 0.25) is 5.91 Å². The third kappa shape index (κ3) is 5.54. The molecule has 1 aromatic carbocycles. The van der Waals surface area contributed by atoms with Gasteiger partial charge in [-0.15, -0.1) is 0 Å². The first-order valence-corrected chi connectivity index (χ1v) is 14.7. The lowest BCUT2D eigenvalue weighted by atomic mass is 9.70. The minimum atomic E-state index is -0.490. The van der Waals surface area contributed by atoms with Gasteiger partial charge in [-0.1, -0.05) is 13.3 Å². The number of amides is 2. The van der Waals surface area contributed by atoms with Gasteiger partial charge in [-0.3, -0.25) is 14.4 Å². The van der Waals surface area contributed by atoms with Crippen LogP contribution in [0.4, 0.5) is 0 Å². The first-order valence-electron chi connectivity index (χ1n) is 14.7. The number of fused-ring (bicyclic) bond motifs is 2. The Bertz CT molecular complexity index is 1140. The van der Waals surface area contributed by atoms with Crippen LogP contribution >= 0.6 is 0 Å². The Morgan fingerprint density at radius 2 is 1.68 bits per heavy atom. The third-order valence-corrected chi connectivity index (χ3v) is 9.87. The molecule has 2 aliphatic heterocycles.